The van der Waals surface area contributed by atoms with Crippen LogP contribution >= 0.6 is 7.28 Å². The quantitative estimate of drug-likeness (QED) is 0.292. The Hall–Kier alpha value is 1.31. The predicted molar refractivity (Wildman–Crippen MR) is 32.6 cm³/mol. The van der Waals surface area contributed by atoms with Gasteiger partial charge < -0.3 is 0 Å². The molecule has 0 rings (SSSR count). The van der Waals surface area contributed by atoms with Gasteiger partial charge in [-0.15, -0.1) is 0 Å². The van der Waals surface area contributed by atoms with Crippen LogP contribution in [0.25, 0.3) is 0 Å². The fraction of sp³-hybridized carbons (Fsp3) is 1.00. The van der Waals surface area contributed by atoms with E-state index >= 15 is 0 Å². The molecule has 0 aliphatic heterocycles. The van der Waals surface area contributed by atoms with E-state index in [1.165, 1.54) is 0 Å². The van der Waals surface area contributed by atoms with Crippen LogP contribution in [0.15, 0.2) is 0 Å². The summed E-state index contributed by atoms with van der Waals surface area (Å²) in [7, 11) is -4.05. The Morgan fingerprint density at radius 2 is 1.00 bits per heavy atom. The van der Waals surface area contributed by atoms with Gasteiger partial charge >= 0.3 is 64.9 Å². The Morgan fingerprint density at radius 3 is 1.00 bits per heavy atom. The Bertz CT molecular complexity index is 46.1. The molecule has 0 aromatic carbocycles. The summed E-state index contributed by atoms with van der Waals surface area (Å²) in [6.45, 7) is 2.01. The van der Waals surface area contributed by atoms with Gasteiger partial charge in [0.2, 0.25) is 0 Å². The second-order valence-electron chi connectivity index (χ2n) is 1.92. The topological polar surface area (TPSA) is 60.7 Å². The Morgan fingerprint density at radius 1 is 1.00 bits per heavy atom. The fourth-order valence-corrected chi connectivity index (χ4v) is 0. The Balaban J connectivity index is 0. The van der Waals surface area contributed by atoms with Gasteiger partial charge in [0.25, 0.3) is 0 Å². The maximum absolute atomic E-state index is 8.23. The van der Waals surface area contributed by atoms with Crippen molar-refractivity contribution in [1.29, 1.82) is 0 Å². The normalized spacial score (nSPS) is 16.4. The van der Waals surface area contributed by atoms with Gasteiger partial charge in [0.1, 0.15) is 0 Å². The summed E-state index contributed by atoms with van der Waals surface area (Å²) in [5.41, 5.74) is 0. The molecule has 5 heteroatoms. The van der Waals surface area contributed by atoms with E-state index in [1.807, 2.05) is 0 Å². The van der Waals surface area contributed by atoms with Crippen LogP contribution < -0.4 is 0 Å². The summed E-state index contributed by atoms with van der Waals surface area (Å²) in [4.78, 5) is 24.7. The molecular formula is C2H10NaO3P. The average molecular weight is 136 g/mol. The number of hydrogen-bond donors (Lipinski definition) is 3. The van der Waals surface area contributed by atoms with Crippen molar-refractivity contribution in [1.82, 2.24) is 0 Å². The maximum atomic E-state index is 8.23. The first-order valence-corrected chi connectivity index (χ1v) is 4.48. The van der Waals surface area contributed by atoms with Crippen molar-refractivity contribution in [2.24, 2.45) is 0 Å². The molecule has 3 nitrogen and oxygen atoms in total. The Labute approximate surface area is 64.8 Å². The van der Waals surface area contributed by atoms with Crippen LogP contribution in [0.3, 0.4) is 0 Å². The molecule has 0 atom stereocenters. The van der Waals surface area contributed by atoms with Crippen LogP contribution in [-0.2, 0) is 0 Å². The van der Waals surface area contributed by atoms with Crippen LogP contribution in [0, 0.1) is 0 Å². The monoisotopic (exact) mass is 136 g/mol. The van der Waals surface area contributed by atoms with E-state index in [9.17, 15) is 0 Å². The average Bonchev–Trinajstić information content (AvgIpc) is 0.650. The second-order valence-corrected chi connectivity index (χ2v) is 5.75. The summed E-state index contributed by atoms with van der Waals surface area (Å²) < 4.78 is 0. The van der Waals surface area contributed by atoms with Crippen molar-refractivity contribution in [3.8, 4) is 0 Å². The molecule has 0 radical (unpaired) electrons. The van der Waals surface area contributed by atoms with E-state index in [-0.39, 0.29) is 29.6 Å². The second kappa shape index (κ2) is 2.28. The van der Waals surface area contributed by atoms with E-state index in [0.29, 0.717) is 0 Å². The first-order chi connectivity index (χ1) is 2.24. The molecule has 0 amide bonds. The first-order valence-electron chi connectivity index (χ1n) is 1.49. The van der Waals surface area contributed by atoms with Gasteiger partial charge in [0.15, 0.2) is 0 Å². The molecule has 7 heavy (non-hydrogen) atoms. The molecular weight excluding hydrogens is 126 g/mol. The molecule has 0 aliphatic rings. The van der Waals surface area contributed by atoms with E-state index in [0.717, 1.165) is 13.3 Å². The number of rotatable bonds is 0. The third kappa shape index (κ3) is 120. The van der Waals surface area contributed by atoms with Crippen molar-refractivity contribution in [3.05, 3.63) is 0 Å². The zero-order valence-corrected chi connectivity index (χ0v) is 4.68. The zero-order valence-electron chi connectivity index (χ0n) is 3.79. The molecule has 3 N–H and O–H groups in total. The van der Waals surface area contributed by atoms with Crippen molar-refractivity contribution >= 4 is 36.8 Å². The molecule has 0 aliphatic carbocycles. The van der Waals surface area contributed by atoms with Crippen LogP contribution in [0.5, 0.6) is 0 Å². The molecule has 0 saturated carbocycles. The van der Waals surface area contributed by atoms with Crippen LogP contribution in [0.4, 0.5) is 0 Å². The van der Waals surface area contributed by atoms with Crippen molar-refractivity contribution in [2.75, 3.05) is 13.3 Å². The van der Waals surface area contributed by atoms with Gasteiger partial charge in [-0.3, -0.25) is 0 Å². The van der Waals surface area contributed by atoms with Crippen molar-refractivity contribution in [2.45, 2.75) is 0 Å². The molecule has 0 bridgehead atoms. The van der Waals surface area contributed by atoms with Gasteiger partial charge in [-0.1, -0.05) is 0 Å². The number of hydrogen-bond acceptors (Lipinski definition) is 3. The first kappa shape index (κ1) is 11.2. The zero-order chi connectivity index (χ0) is 5.45. The van der Waals surface area contributed by atoms with Crippen molar-refractivity contribution < 1.29 is 14.7 Å². The standard InChI is InChI=1S/C2H9O3P.Na.H/c1-6(2,3,4)5;;/h3-5H,1-2H3;;. The molecule has 0 aromatic heterocycles. The summed E-state index contributed by atoms with van der Waals surface area (Å²) in [6, 6.07) is 0. The Kier molecular flexibility index (Phi) is 3.63. The molecule has 0 unspecified atom stereocenters. The van der Waals surface area contributed by atoms with E-state index in [1.54, 1.807) is 0 Å². The summed E-state index contributed by atoms with van der Waals surface area (Å²) in [6.07, 6.45) is 0. The van der Waals surface area contributed by atoms with E-state index in [2.05, 4.69) is 0 Å². The van der Waals surface area contributed by atoms with Crippen LogP contribution in [0.1, 0.15) is 0 Å². The predicted octanol–water partition coefficient (Wildman–Crippen LogP) is -1.13. The summed E-state index contributed by atoms with van der Waals surface area (Å²) in [5, 5.41) is 0. The van der Waals surface area contributed by atoms with E-state index < -0.39 is 7.28 Å². The van der Waals surface area contributed by atoms with Gasteiger partial charge in [0.05, 0.1) is 0 Å². The van der Waals surface area contributed by atoms with Gasteiger partial charge in [-0.05, 0) is 0 Å². The van der Waals surface area contributed by atoms with E-state index in [4.69, 9.17) is 14.7 Å². The molecule has 42 valence electrons. The fourth-order valence-electron chi connectivity index (χ4n) is 0. The molecule has 0 saturated heterocycles. The summed E-state index contributed by atoms with van der Waals surface area (Å²) in [5.74, 6) is 0. The molecule has 0 heterocycles. The minimum absolute atomic E-state index is 0. The van der Waals surface area contributed by atoms with Crippen LogP contribution in [0.2, 0.25) is 0 Å². The minimum atomic E-state index is -4.05. The molecule has 0 fully saturated rings. The SMILES string of the molecule is CP(C)(O)(O)O.[NaH]. The molecule has 0 spiro atoms. The van der Waals surface area contributed by atoms with Gasteiger partial charge in [0, 0.05) is 0 Å². The third-order valence-electron chi connectivity index (χ3n) is 0. The summed E-state index contributed by atoms with van der Waals surface area (Å²) >= 11 is 0. The van der Waals surface area contributed by atoms with Crippen molar-refractivity contribution in [3.63, 3.8) is 0 Å². The van der Waals surface area contributed by atoms with Gasteiger partial charge in [-0.2, -0.15) is 0 Å². The molecule has 0 aromatic rings. The van der Waals surface area contributed by atoms with Crippen LogP contribution in [-0.4, -0.2) is 57.6 Å². The van der Waals surface area contributed by atoms with Gasteiger partial charge in [-0.25, -0.2) is 0 Å². The third-order valence-corrected chi connectivity index (χ3v) is 0.